The molecule has 180 valence electrons. The number of Topliss-reactive ketones (excluding diaryl/α,β-unsaturated/α-hetero) is 1. The van der Waals surface area contributed by atoms with Crippen LogP contribution in [0.4, 0.5) is 0 Å². The predicted molar refractivity (Wildman–Crippen MR) is 127 cm³/mol. The van der Waals surface area contributed by atoms with Gasteiger partial charge in [0.1, 0.15) is 0 Å². The smallest absolute Gasteiger partial charge is 0.395 e. The molecule has 33 heavy (non-hydrogen) atoms. The Morgan fingerprint density at radius 2 is 1.79 bits per heavy atom. The Morgan fingerprint density at radius 3 is 2.33 bits per heavy atom. The summed E-state index contributed by atoms with van der Waals surface area (Å²) >= 11 is 0. The van der Waals surface area contributed by atoms with Gasteiger partial charge in [-0.05, 0) is 68.9 Å². The van der Waals surface area contributed by atoms with Gasteiger partial charge >= 0.3 is 11.9 Å². The summed E-state index contributed by atoms with van der Waals surface area (Å²) in [4.78, 5) is 51.3. The van der Waals surface area contributed by atoms with Crippen molar-refractivity contribution in [1.82, 2.24) is 4.90 Å². The number of amides is 2. The third kappa shape index (κ3) is 4.30. The average Bonchev–Trinajstić information content (AvgIpc) is 2.65. The van der Waals surface area contributed by atoms with Crippen LogP contribution in [0.3, 0.4) is 0 Å². The van der Waals surface area contributed by atoms with E-state index in [0.717, 1.165) is 21.6 Å². The predicted octanol–water partition coefficient (Wildman–Crippen LogP) is 3.90. The van der Waals surface area contributed by atoms with Crippen LogP contribution in [-0.4, -0.2) is 54.0 Å². The molecule has 1 aromatic rings. The summed E-state index contributed by atoms with van der Waals surface area (Å²) in [5.74, 6) is -5.05. The molecule has 0 radical (unpaired) electrons. The van der Waals surface area contributed by atoms with Gasteiger partial charge < -0.3 is 9.53 Å². The van der Waals surface area contributed by atoms with E-state index < -0.39 is 50.1 Å². The maximum absolute atomic E-state index is 13.6. The number of hydrogen-bond acceptors (Lipinski definition) is 5. The van der Waals surface area contributed by atoms with Gasteiger partial charge in [0, 0.05) is 11.5 Å². The second-order valence-electron chi connectivity index (χ2n) is 11.0. The maximum Gasteiger partial charge on any atom is 0.395 e. The lowest BCUT2D eigenvalue weighted by molar-refractivity contribution is -0.180. The quantitative estimate of drug-likeness (QED) is 0.404. The Bertz CT molecular complexity index is 1020. The number of aryl methyl sites for hydroxylation is 2. The van der Waals surface area contributed by atoms with Crippen LogP contribution in [0.2, 0.25) is 18.1 Å². The van der Waals surface area contributed by atoms with Crippen molar-refractivity contribution in [3.63, 3.8) is 0 Å². The third-order valence-corrected chi connectivity index (χ3v) is 12.3. The molecule has 0 saturated carbocycles. The highest BCUT2D eigenvalue weighted by molar-refractivity contribution is 6.74. The number of imide groups is 1. The summed E-state index contributed by atoms with van der Waals surface area (Å²) in [5, 5.41) is 9.22. The van der Waals surface area contributed by atoms with Crippen LogP contribution in [0.5, 0.6) is 0 Å². The lowest BCUT2D eigenvalue weighted by Crippen LogP contribution is -2.71. The zero-order valence-corrected chi connectivity index (χ0v) is 21.8. The van der Waals surface area contributed by atoms with E-state index in [-0.39, 0.29) is 10.8 Å². The van der Waals surface area contributed by atoms with Crippen LogP contribution in [0.1, 0.15) is 61.2 Å². The Labute approximate surface area is 196 Å². The van der Waals surface area contributed by atoms with Gasteiger partial charge in [-0.2, -0.15) is 0 Å². The zero-order valence-electron chi connectivity index (χ0n) is 20.8. The molecule has 1 saturated heterocycles. The fraction of sp³-hybridized carbons (Fsp3) is 0.600. The van der Waals surface area contributed by atoms with Crippen LogP contribution in [0.15, 0.2) is 12.1 Å². The zero-order chi connectivity index (χ0) is 25.0. The molecule has 2 aliphatic rings. The Kier molecular flexibility index (Phi) is 6.49. The number of hydrogen-bond donors (Lipinski definition) is 1. The summed E-state index contributed by atoms with van der Waals surface area (Å²) in [7, 11) is -2.24. The van der Waals surface area contributed by atoms with Crippen LogP contribution in [0, 0.1) is 25.7 Å². The van der Waals surface area contributed by atoms with E-state index in [2.05, 4.69) is 33.9 Å². The summed E-state index contributed by atoms with van der Waals surface area (Å²) in [5.41, 5.74) is 3.62. The van der Waals surface area contributed by atoms with Gasteiger partial charge in [0.05, 0.1) is 18.1 Å². The molecule has 7 nitrogen and oxygen atoms in total. The standard InChI is InChI=1S/C25H35NO6Si/c1-13-11-14(2)16-9-10-17(21(27)18(16)12-13)20-19(22(28)26(20)23(29)24(30)31)15(3)32-33(7,8)25(4,5)6/h11-12,15,17,19-20H,9-10H2,1-8H3,(H,30,31)/t15-,17-,19-,20-/m1/s1. The molecule has 1 fully saturated rings. The van der Waals surface area contributed by atoms with E-state index in [9.17, 15) is 24.3 Å². The molecular formula is C25H35NO6Si. The molecule has 1 aliphatic carbocycles. The summed E-state index contributed by atoms with van der Waals surface area (Å²) in [6, 6.07) is 3.07. The lowest BCUT2D eigenvalue weighted by atomic mass is 9.68. The first kappa shape index (κ1) is 25.3. The number of aliphatic carboxylic acids is 1. The molecular weight excluding hydrogens is 438 g/mol. The van der Waals surface area contributed by atoms with Crippen LogP contribution < -0.4 is 0 Å². The molecule has 0 spiro atoms. The molecule has 8 heteroatoms. The van der Waals surface area contributed by atoms with Crippen molar-refractivity contribution < 1.29 is 28.7 Å². The van der Waals surface area contributed by atoms with Gasteiger partial charge in [0.15, 0.2) is 14.1 Å². The van der Waals surface area contributed by atoms with Crippen molar-refractivity contribution in [1.29, 1.82) is 0 Å². The number of benzene rings is 1. The summed E-state index contributed by atoms with van der Waals surface area (Å²) < 4.78 is 6.45. The SMILES string of the molecule is Cc1cc(C)c2c(c1)C(=O)[C@@H]([C@@H]1[C@@H]([C@@H](C)O[Si](C)(C)C(C)(C)C)C(=O)N1C(=O)C(=O)O)CC2. The topological polar surface area (TPSA) is 101 Å². The number of carboxylic acids is 1. The van der Waals surface area contributed by atoms with Crippen LogP contribution in [0.25, 0.3) is 0 Å². The molecule has 0 bridgehead atoms. The maximum atomic E-state index is 13.6. The van der Waals surface area contributed by atoms with Crippen molar-refractivity contribution in [2.45, 2.75) is 84.7 Å². The van der Waals surface area contributed by atoms with E-state index in [1.807, 2.05) is 26.0 Å². The first-order valence-electron chi connectivity index (χ1n) is 11.5. The van der Waals surface area contributed by atoms with Crippen molar-refractivity contribution in [3.05, 3.63) is 34.4 Å². The number of carbonyl (C=O) groups is 4. The van der Waals surface area contributed by atoms with Gasteiger partial charge in [-0.1, -0.05) is 32.4 Å². The largest absolute Gasteiger partial charge is 0.474 e. The second kappa shape index (κ2) is 8.47. The van der Waals surface area contributed by atoms with E-state index >= 15 is 0 Å². The minimum atomic E-state index is -2.24. The van der Waals surface area contributed by atoms with Gasteiger partial charge in [0.25, 0.3) is 0 Å². The normalized spacial score (nSPS) is 24.2. The fourth-order valence-electron chi connectivity index (χ4n) is 5.00. The highest BCUT2D eigenvalue weighted by atomic mass is 28.4. The summed E-state index contributed by atoms with van der Waals surface area (Å²) in [6.45, 7) is 16.1. The fourth-order valence-corrected chi connectivity index (χ4v) is 6.43. The first-order valence-corrected chi connectivity index (χ1v) is 14.4. The monoisotopic (exact) mass is 473 g/mol. The Morgan fingerprint density at radius 1 is 1.18 bits per heavy atom. The van der Waals surface area contributed by atoms with Crippen LogP contribution in [-0.2, 0) is 25.2 Å². The highest BCUT2D eigenvalue weighted by Gasteiger charge is 2.60. The van der Waals surface area contributed by atoms with Crippen LogP contribution >= 0.6 is 0 Å². The average molecular weight is 474 g/mol. The molecule has 1 aliphatic heterocycles. The molecule has 2 amide bonds. The third-order valence-electron chi connectivity index (χ3n) is 7.72. The lowest BCUT2D eigenvalue weighted by Gasteiger charge is -2.52. The Hall–Kier alpha value is -2.32. The molecule has 3 rings (SSSR count). The molecule has 0 aromatic heterocycles. The number of carbonyl (C=O) groups excluding carboxylic acids is 3. The number of β-lactam (4-membered cyclic amide) rings is 1. The number of rotatable bonds is 4. The number of ketones is 1. The number of fused-ring (bicyclic) bond motifs is 1. The van der Waals surface area contributed by atoms with E-state index in [1.165, 1.54) is 0 Å². The molecule has 0 unspecified atom stereocenters. The Balaban J connectivity index is 1.99. The second-order valence-corrected chi connectivity index (χ2v) is 15.8. The van der Waals surface area contributed by atoms with Gasteiger partial charge in [-0.25, -0.2) is 4.79 Å². The molecule has 1 N–H and O–H groups in total. The minimum Gasteiger partial charge on any atom is -0.474 e. The van der Waals surface area contributed by atoms with Crippen molar-refractivity contribution in [2.24, 2.45) is 11.8 Å². The molecule has 4 atom stereocenters. The number of carboxylic acid groups (broad SMARTS) is 1. The van der Waals surface area contributed by atoms with Gasteiger partial charge in [-0.15, -0.1) is 0 Å². The number of likely N-dealkylation sites (tertiary alicyclic amines) is 1. The van der Waals surface area contributed by atoms with E-state index in [4.69, 9.17) is 4.43 Å². The summed E-state index contributed by atoms with van der Waals surface area (Å²) in [6.07, 6.45) is 0.567. The van der Waals surface area contributed by atoms with E-state index in [1.54, 1.807) is 6.92 Å². The first-order chi connectivity index (χ1) is 15.1. The van der Waals surface area contributed by atoms with Gasteiger partial charge in [-0.3, -0.25) is 19.3 Å². The highest BCUT2D eigenvalue weighted by Crippen LogP contribution is 2.44. The van der Waals surface area contributed by atoms with Crippen molar-refractivity contribution >= 4 is 31.9 Å². The minimum absolute atomic E-state index is 0.0885. The number of nitrogens with zero attached hydrogens (tertiary/aromatic N) is 1. The molecule has 1 heterocycles. The molecule has 1 aromatic carbocycles. The van der Waals surface area contributed by atoms with Crippen molar-refractivity contribution in [3.8, 4) is 0 Å². The van der Waals surface area contributed by atoms with Crippen molar-refractivity contribution in [2.75, 3.05) is 0 Å². The van der Waals surface area contributed by atoms with Gasteiger partial charge in [0.2, 0.25) is 5.91 Å². The van der Waals surface area contributed by atoms with E-state index in [0.29, 0.717) is 18.4 Å².